The van der Waals surface area contributed by atoms with Gasteiger partial charge in [-0.05, 0) is 121 Å². The largest absolute Gasteiger partial charge is 0.444 e. The lowest BCUT2D eigenvalue weighted by molar-refractivity contribution is -0.141. The van der Waals surface area contributed by atoms with E-state index in [0.717, 1.165) is 44.9 Å². The second-order valence-electron chi connectivity index (χ2n) is 20.4. The Morgan fingerprint density at radius 2 is 1.08 bits per heavy atom. The molecule has 4 fully saturated rings. The quantitative estimate of drug-likeness (QED) is 0.0550. The summed E-state index contributed by atoms with van der Waals surface area (Å²) in [7, 11) is 2.45. The van der Waals surface area contributed by atoms with Crippen molar-refractivity contribution in [1.82, 2.24) is 20.2 Å². The maximum Gasteiger partial charge on any atom is 0.408 e. The number of ether oxygens (including phenoxy) is 1. The predicted octanol–water partition coefficient (Wildman–Crippen LogP) is 8.55. The van der Waals surface area contributed by atoms with Gasteiger partial charge in [-0.1, -0.05) is 74.2 Å². The smallest absolute Gasteiger partial charge is 0.408 e. The number of allylic oxidation sites excluding steroid dienone is 4. The molecule has 0 spiro atoms. The summed E-state index contributed by atoms with van der Waals surface area (Å²) in [6.07, 6.45) is 14.7. The zero-order valence-electron chi connectivity index (χ0n) is 40.5. The molecule has 2 N–H and O–H groups in total. The lowest BCUT2D eigenvalue weighted by atomic mass is 9.84. The van der Waals surface area contributed by atoms with Gasteiger partial charge < -0.3 is 19.9 Å². The highest BCUT2D eigenvalue weighted by Crippen LogP contribution is 2.58. The van der Waals surface area contributed by atoms with Crippen molar-refractivity contribution in [3.05, 3.63) is 50.6 Å². The predicted molar refractivity (Wildman–Crippen MR) is 257 cm³/mol. The van der Waals surface area contributed by atoms with E-state index in [1.54, 1.807) is 49.6 Å². The van der Waals surface area contributed by atoms with Crippen molar-refractivity contribution in [2.75, 3.05) is 13.1 Å². The van der Waals surface area contributed by atoms with E-state index in [4.69, 9.17) is 4.74 Å². The standard InChI is InChI=1S/C28H44N2O5.C23H37N2O3P/c1-9-11-12-13-14-22(29-26(34)35-27(6,7)8)25(33)30-17-18(3)19(4)24(30)23(32)16-28(20(5)31)15-21(28)10-2;1-6-8-9-10-11-19(24-29)22(28)25-14-15(3)16(4)21(25)20(27)13-23(17(5)26)12-18(23)7-2/h9-10,18-19,21-22,24H,1-2,11-17H2,3-8H3,(H,29,34);6-7,15-16,18-19,21,24H,1-2,8-14,29H2,3-5H3/t18-,19?,21+,22-,24-,28-;15-,16?,18+,19-,21-,23-/m00/s1. The van der Waals surface area contributed by atoms with Gasteiger partial charge in [-0.15, -0.1) is 26.3 Å². The van der Waals surface area contributed by atoms with Crippen LogP contribution in [0.2, 0.25) is 0 Å². The number of carbonyl (C=O) groups excluding carboxylic acids is 7. The second-order valence-corrected chi connectivity index (χ2v) is 20.7. The van der Waals surface area contributed by atoms with Gasteiger partial charge in [-0.2, -0.15) is 0 Å². The van der Waals surface area contributed by atoms with Crippen LogP contribution in [0.25, 0.3) is 0 Å². The number of rotatable bonds is 24. The van der Waals surface area contributed by atoms with Crippen molar-refractivity contribution in [3.8, 4) is 0 Å². The lowest BCUT2D eigenvalue weighted by Crippen LogP contribution is -2.53. The van der Waals surface area contributed by atoms with E-state index >= 15 is 0 Å². The highest BCUT2D eigenvalue weighted by atomic mass is 31.0. The number of ketones is 4. The molecule has 0 aromatic rings. The Bertz CT molecular complexity index is 1760. The first-order chi connectivity index (χ1) is 30.0. The molecule has 13 heteroatoms. The highest BCUT2D eigenvalue weighted by Gasteiger charge is 2.60. The van der Waals surface area contributed by atoms with Gasteiger partial charge in [0.05, 0.1) is 18.1 Å². The Hall–Kier alpha value is -3.76. The fraction of sp³-hybridized carbons (Fsp3) is 0.706. The van der Waals surface area contributed by atoms with Crippen molar-refractivity contribution >= 4 is 50.4 Å². The van der Waals surface area contributed by atoms with Gasteiger partial charge in [0.2, 0.25) is 11.8 Å². The van der Waals surface area contributed by atoms with E-state index in [-0.39, 0.29) is 89.3 Å². The number of Topliss-reactive ketones (excluding diaryl/α,β-unsaturated/α-hetero) is 4. The first kappa shape index (κ1) is 54.6. The fourth-order valence-corrected chi connectivity index (χ4v) is 10.3. The van der Waals surface area contributed by atoms with Crippen LogP contribution in [0.3, 0.4) is 0 Å². The number of unbranched alkanes of at least 4 members (excludes halogenated alkanes) is 4. The second kappa shape index (κ2) is 23.6. The van der Waals surface area contributed by atoms with Crippen molar-refractivity contribution in [1.29, 1.82) is 0 Å². The maximum absolute atomic E-state index is 13.8. The molecule has 0 aromatic heterocycles. The zero-order chi connectivity index (χ0) is 48.3. The molecular formula is C51H81N4O8P. The van der Waals surface area contributed by atoms with Crippen LogP contribution in [0.5, 0.6) is 0 Å². The van der Waals surface area contributed by atoms with E-state index in [0.29, 0.717) is 32.4 Å². The molecule has 3 amide bonds. The number of nitrogens with zero attached hydrogens (tertiary/aromatic N) is 2. The molecule has 0 aromatic carbocycles. The van der Waals surface area contributed by atoms with Crippen LogP contribution in [-0.4, -0.2) is 93.7 Å². The molecule has 4 aliphatic rings. The third-order valence-corrected chi connectivity index (χ3v) is 15.1. The maximum atomic E-state index is 13.8. The van der Waals surface area contributed by atoms with Gasteiger partial charge in [0, 0.05) is 36.8 Å². The number of hydrogen-bond acceptors (Lipinski definition) is 9. The number of hydrogen-bond donors (Lipinski definition) is 2. The van der Waals surface area contributed by atoms with E-state index in [1.807, 2.05) is 32.9 Å². The van der Waals surface area contributed by atoms with Crippen LogP contribution in [0.4, 0.5) is 4.79 Å². The minimum absolute atomic E-state index is 0.000914. The first-order valence-electron chi connectivity index (χ1n) is 23.6. The van der Waals surface area contributed by atoms with E-state index < -0.39 is 40.6 Å². The van der Waals surface area contributed by atoms with Gasteiger partial charge in [0.1, 0.15) is 23.2 Å². The van der Waals surface area contributed by atoms with E-state index in [1.165, 1.54) is 6.92 Å². The third-order valence-electron chi connectivity index (χ3n) is 14.7. The summed E-state index contributed by atoms with van der Waals surface area (Å²) in [6, 6.07) is -2.17. The van der Waals surface area contributed by atoms with E-state index in [2.05, 4.69) is 53.0 Å². The normalized spacial score (nSPS) is 30.2. The molecule has 2 heterocycles. The number of carbonyl (C=O) groups is 7. The van der Waals surface area contributed by atoms with Crippen LogP contribution in [0.15, 0.2) is 50.6 Å². The number of likely N-dealkylation sites (tertiary alicyclic amines) is 2. The van der Waals surface area contributed by atoms with Crippen molar-refractivity contribution < 1.29 is 38.3 Å². The first-order valence-corrected chi connectivity index (χ1v) is 24.2. The van der Waals surface area contributed by atoms with Crippen LogP contribution in [0, 0.1) is 46.3 Å². The Kier molecular flexibility index (Phi) is 20.1. The van der Waals surface area contributed by atoms with Gasteiger partial charge in [0.25, 0.3) is 0 Å². The molecule has 2 aliphatic carbocycles. The SMILES string of the molecule is C=CCCCC[C@H](NC(=O)OC(C)(C)C)C(=O)N1C[C@H](C)C(C)[C@H]1C(=O)C[C@]1(C(C)=O)C[C@H]1C=C.C=CCCCC[C@H](NP)C(=O)N1C[C@H](C)C(C)[C@H]1C(=O)C[C@]1(C(C)=O)C[C@H]1C=C. The minimum atomic E-state index is -0.786. The number of nitrogens with one attached hydrogen (secondary N) is 2. The summed E-state index contributed by atoms with van der Waals surface area (Å²) in [5, 5.41) is 5.82. The van der Waals surface area contributed by atoms with Crippen LogP contribution in [0.1, 0.15) is 139 Å². The summed E-state index contributed by atoms with van der Waals surface area (Å²) in [4.78, 5) is 94.5. The van der Waals surface area contributed by atoms with Gasteiger partial charge in [-0.3, -0.25) is 33.9 Å². The zero-order valence-corrected chi connectivity index (χ0v) is 41.7. The summed E-state index contributed by atoms with van der Waals surface area (Å²) in [6.45, 7) is 32.7. The molecule has 12 nitrogen and oxygen atoms in total. The number of amides is 3. The Morgan fingerprint density at radius 1 is 0.688 bits per heavy atom. The molecule has 4 rings (SSSR count). The van der Waals surface area contributed by atoms with Crippen molar-refractivity contribution in [2.45, 2.75) is 169 Å². The van der Waals surface area contributed by atoms with Crippen LogP contribution >= 0.6 is 9.39 Å². The molecule has 0 bridgehead atoms. The molecule has 2 aliphatic heterocycles. The molecule has 0 radical (unpaired) electrons. The van der Waals surface area contributed by atoms with Crippen LogP contribution in [-0.2, 0) is 33.5 Å². The molecule has 3 unspecified atom stereocenters. The Morgan fingerprint density at radius 3 is 1.41 bits per heavy atom. The molecule has 64 heavy (non-hydrogen) atoms. The van der Waals surface area contributed by atoms with Gasteiger partial charge in [0.15, 0.2) is 11.6 Å². The third kappa shape index (κ3) is 13.4. The van der Waals surface area contributed by atoms with E-state index in [9.17, 15) is 33.6 Å². The highest BCUT2D eigenvalue weighted by molar-refractivity contribution is 7.13. The molecular weight excluding hydrogens is 828 g/mol. The molecule has 2 saturated heterocycles. The minimum Gasteiger partial charge on any atom is -0.444 e. The summed E-state index contributed by atoms with van der Waals surface area (Å²) in [5.74, 6) is 0.210. The summed E-state index contributed by atoms with van der Waals surface area (Å²) in [5.41, 5.74) is -1.97. The molecule has 2 saturated carbocycles. The monoisotopic (exact) mass is 909 g/mol. The molecule has 13 atom stereocenters. The average Bonchev–Trinajstić information content (AvgIpc) is 4.08. The fourth-order valence-electron chi connectivity index (χ4n) is 10.00. The van der Waals surface area contributed by atoms with Crippen molar-refractivity contribution in [3.63, 3.8) is 0 Å². The number of alkyl carbamates (subject to hydrolysis) is 1. The lowest BCUT2D eigenvalue weighted by Gasteiger charge is -2.31. The topological polar surface area (TPSA) is 159 Å². The van der Waals surface area contributed by atoms with Gasteiger partial charge in [-0.25, -0.2) is 4.79 Å². The Labute approximate surface area is 386 Å². The van der Waals surface area contributed by atoms with Crippen LogP contribution < -0.4 is 10.4 Å². The average molecular weight is 909 g/mol. The van der Waals surface area contributed by atoms with Gasteiger partial charge >= 0.3 is 6.09 Å². The Balaban J connectivity index is 0.000000346. The molecule has 358 valence electrons. The summed E-state index contributed by atoms with van der Waals surface area (Å²) < 4.78 is 5.40. The summed E-state index contributed by atoms with van der Waals surface area (Å²) >= 11 is 0. The van der Waals surface area contributed by atoms with Crippen molar-refractivity contribution in [2.24, 2.45) is 46.3 Å².